The van der Waals surface area contributed by atoms with Gasteiger partial charge in [0.1, 0.15) is 0 Å². The van der Waals surface area contributed by atoms with Crippen LogP contribution in [0.25, 0.3) is 11.3 Å². The lowest BCUT2D eigenvalue weighted by Crippen LogP contribution is -2.46. The third kappa shape index (κ3) is 4.73. The van der Waals surface area contributed by atoms with Crippen LogP contribution in [0.2, 0.25) is 0 Å². The summed E-state index contributed by atoms with van der Waals surface area (Å²) in [6.45, 7) is 4.48. The molecule has 0 unspecified atom stereocenters. The number of rotatable bonds is 6. The number of nitrogens with one attached hydrogen (secondary N) is 1. The van der Waals surface area contributed by atoms with Crippen molar-refractivity contribution in [3.8, 4) is 11.3 Å². The number of anilines is 1. The van der Waals surface area contributed by atoms with E-state index in [0.717, 1.165) is 25.2 Å². The number of thiazole rings is 1. The van der Waals surface area contributed by atoms with Crippen LogP contribution < -0.4 is 10.2 Å². The monoisotopic (exact) mass is 378 g/mol. The Hall–Kier alpha value is -2.24. The molecule has 0 spiro atoms. The van der Waals surface area contributed by atoms with E-state index in [4.69, 9.17) is 0 Å². The van der Waals surface area contributed by atoms with E-state index < -0.39 is 0 Å². The minimum Gasteiger partial charge on any atom is -0.371 e. The number of nitrogens with zero attached hydrogens (tertiary/aromatic N) is 3. The predicted molar refractivity (Wildman–Crippen MR) is 113 cm³/mol. The van der Waals surface area contributed by atoms with Crippen LogP contribution in [0.1, 0.15) is 25.3 Å². The molecule has 1 fully saturated rings. The molecule has 3 heterocycles. The summed E-state index contributed by atoms with van der Waals surface area (Å²) < 4.78 is 0. The van der Waals surface area contributed by atoms with Gasteiger partial charge in [-0.15, -0.1) is 11.3 Å². The number of piperidine rings is 1. The van der Waals surface area contributed by atoms with Crippen molar-refractivity contribution in [1.29, 1.82) is 0 Å². The van der Waals surface area contributed by atoms with E-state index in [1.54, 1.807) is 11.3 Å². The second kappa shape index (κ2) is 8.63. The maximum absolute atomic E-state index is 4.39. The van der Waals surface area contributed by atoms with Crippen LogP contribution in [0.15, 0.2) is 59.7 Å². The number of pyridine rings is 1. The van der Waals surface area contributed by atoms with Crippen molar-refractivity contribution in [2.75, 3.05) is 18.0 Å². The van der Waals surface area contributed by atoms with Gasteiger partial charge in [0.25, 0.3) is 0 Å². The Balaban J connectivity index is 1.27. The van der Waals surface area contributed by atoms with Crippen molar-refractivity contribution < 1.29 is 0 Å². The highest BCUT2D eigenvalue weighted by Gasteiger charge is 2.20. The van der Waals surface area contributed by atoms with E-state index in [0.29, 0.717) is 12.1 Å². The normalized spacial score (nSPS) is 16.4. The van der Waals surface area contributed by atoms with Gasteiger partial charge >= 0.3 is 0 Å². The zero-order valence-electron chi connectivity index (χ0n) is 15.7. The van der Waals surface area contributed by atoms with Gasteiger partial charge in [-0.25, -0.2) is 4.98 Å². The topological polar surface area (TPSA) is 41.1 Å². The molecule has 1 atom stereocenters. The maximum Gasteiger partial charge on any atom is 0.0811 e. The van der Waals surface area contributed by atoms with Crippen LogP contribution in [0.3, 0.4) is 0 Å². The van der Waals surface area contributed by atoms with Crippen molar-refractivity contribution in [1.82, 2.24) is 15.3 Å². The van der Waals surface area contributed by atoms with Crippen molar-refractivity contribution in [2.24, 2.45) is 0 Å². The van der Waals surface area contributed by atoms with E-state index >= 15 is 0 Å². The van der Waals surface area contributed by atoms with E-state index in [1.165, 1.54) is 29.7 Å². The fraction of sp³-hybridized carbons (Fsp3) is 0.364. The first kappa shape index (κ1) is 18.1. The summed E-state index contributed by atoms with van der Waals surface area (Å²) in [5.41, 5.74) is 6.76. The van der Waals surface area contributed by atoms with Gasteiger partial charge in [-0.1, -0.05) is 18.2 Å². The number of hydrogen-bond donors (Lipinski definition) is 1. The van der Waals surface area contributed by atoms with Crippen molar-refractivity contribution in [3.63, 3.8) is 0 Å². The van der Waals surface area contributed by atoms with Crippen LogP contribution in [-0.2, 0) is 6.42 Å². The molecule has 0 bridgehead atoms. The summed E-state index contributed by atoms with van der Waals surface area (Å²) in [6, 6.07) is 14.1. The molecule has 1 N–H and O–H groups in total. The largest absolute Gasteiger partial charge is 0.371 e. The van der Waals surface area contributed by atoms with Crippen LogP contribution >= 0.6 is 11.3 Å². The fourth-order valence-electron chi connectivity index (χ4n) is 3.84. The third-order valence-corrected chi connectivity index (χ3v) is 5.83. The molecule has 1 saturated heterocycles. The van der Waals surface area contributed by atoms with E-state index in [9.17, 15) is 0 Å². The van der Waals surface area contributed by atoms with Gasteiger partial charge in [0.2, 0.25) is 0 Å². The lowest BCUT2D eigenvalue weighted by Gasteiger charge is -2.35. The highest BCUT2D eigenvalue weighted by atomic mass is 32.1. The highest BCUT2D eigenvalue weighted by molar-refractivity contribution is 7.07. The standard InChI is InChI=1S/C22H26N4S/c1-17(13-18-3-2-10-23-14-18)25-20-8-11-26(12-9-20)21-6-4-19(5-7-21)22-15-27-16-24-22/h2-7,10,14-17,20,25H,8-9,11-13H2,1H3/t17-/m0/s1. The smallest absolute Gasteiger partial charge is 0.0811 e. The first-order chi connectivity index (χ1) is 13.3. The number of aromatic nitrogens is 2. The summed E-state index contributed by atoms with van der Waals surface area (Å²) in [6.07, 6.45) is 7.21. The molecule has 4 rings (SSSR count). The van der Waals surface area contributed by atoms with Crippen LogP contribution in [0, 0.1) is 0 Å². The Bertz CT molecular complexity index is 809. The molecule has 0 radical (unpaired) electrons. The van der Waals surface area contributed by atoms with Gasteiger partial charge in [0.05, 0.1) is 11.2 Å². The molecule has 4 nitrogen and oxygen atoms in total. The molecule has 140 valence electrons. The van der Waals surface area contributed by atoms with Gasteiger partial charge < -0.3 is 10.2 Å². The average molecular weight is 379 g/mol. The number of hydrogen-bond acceptors (Lipinski definition) is 5. The molecular formula is C22H26N4S. The second-order valence-corrected chi connectivity index (χ2v) is 8.03. The third-order valence-electron chi connectivity index (χ3n) is 5.24. The van der Waals surface area contributed by atoms with Gasteiger partial charge in [0, 0.05) is 54.2 Å². The SMILES string of the molecule is C[C@@H](Cc1cccnc1)NC1CCN(c2ccc(-c3cscn3)cc2)CC1. The maximum atomic E-state index is 4.39. The summed E-state index contributed by atoms with van der Waals surface area (Å²) in [4.78, 5) is 11.1. The summed E-state index contributed by atoms with van der Waals surface area (Å²) >= 11 is 1.64. The Labute approximate surface area is 165 Å². The molecule has 0 saturated carbocycles. The average Bonchev–Trinajstić information content (AvgIpc) is 3.24. The van der Waals surface area contributed by atoms with Crippen molar-refractivity contribution in [3.05, 3.63) is 65.2 Å². The first-order valence-corrected chi connectivity index (χ1v) is 10.6. The lowest BCUT2D eigenvalue weighted by molar-refractivity contribution is 0.375. The molecule has 0 amide bonds. The zero-order chi connectivity index (χ0) is 18.5. The van der Waals surface area contributed by atoms with Gasteiger partial charge in [-0.2, -0.15) is 0 Å². The molecule has 5 heteroatoms. The van der Waals surface area contributed by atoms with Crippen LogP contribution in [0.4, 0.5) is 5.69 Å². The van der Waals surface area contributed by atoms with E-state index in [-0.39, 0.29) is 0 Å². The van der Waals surface area contributed by atoms with E-state index in [1.807, 2.05) is 24.0 Å². The first-order valence-electron chi connectivity index (χ1n) is 9.66. The Morgan fingerprint density at radius 3 is 2.67 bits per heavy atom. The zero-order valence-corrected chi connectivity index (χ0v) is 16.5. The van der Waals surface area contributed by atoms with E-state index in [2.05, 4.69) is 62.8 Å². The molecule has 3 aromatic rings. The summed E-state index contributed by atoms with van der Waals surface area (Å²) in [5.74, 6) is 0. The molecule has 1 aliphatic rings. The highest BCUT2D eigenvalue weighted by Crippen LogP contribution is 2.25. The molecule has 1 aliphatic heterocycles. The van der Waals surface area contributed by atoms with Gasteiger partial charge in [-0.3, -0.25) is 4.98 Å². The summed E-state index contributed by atoms with van der Waals surface area (Å²) in [5, 5.41) is 5.90. The Kier molecular flexibility index (Phi) is 5.80. The second-order valence-electron chi connectivity index (χ2n) is 7.31. The molecule has 1 aromatic carbocycles. The minimum atomic E-state index is 0.475. The van der Waals surface area contributed by atoms with Gasteiger partial charge in [-0.05, 0) is 49.9 Å². The van der Waals surface area contributed by atoms with Crippen LogP contribution in [-0.4, -0.2) is 35.1 Å². The number of benzene rings is 1. The summed E-state index contributed by atoms with van der Waals surface area (Å²) in [7, 11) is 0. The van der Waals surface area contributed by atoms with Crippen molar-refractivity contribution >= 4 is 17.0 Å². The minimum absolute atomic E-state index is 0.475. The molecule has 27 heavy (non-hydrogen) atoms. The molecule has 2 aromatic heterocycles. The van der Waals surface area contributed by atoms with Crippen molar-refractivity contribution in [2.45, 2.75) is 38.3 Å². The van der Waals surface area contributed by atoms with Gasteiger partial charge in [0.15, 0.2) is 0 Å². The molecular weight excluding hydrogens is 352 g/mol. The lowest BCUT2D eigenvalue weighted by atomic mass is 10.0. The quantitative estimate of drug-likeness (QED) is 0.690. The Morgan fingerprint density at radius 2 is 2.00 bits per heavy atom. The fourth-order valence-corrected chi connectivity index (χ4v) is 4.40. The predicted octanol–water partition coefficient (Wildman–Crippen LogP) is 4.39. The Morgan fingerprint density at radius 1 is 1.19 bits per heavy atom. The molecule has 0 aliphatic carbocycles. The van der Waals surface area contributed by atoms with Crippen LogP contribution in [0.5, 0.6) is 0 Å².